The molecule has 1 fully saturated rings. The van der Waals surface area contributed by atoms with E-state index in [0.717, 1.165) is 25.9 Å². The maximum Gasteiger partial charge on any atom is 0.320 e. The fourth-order valence-electron chi connectivity index (χ4n) is 1.80. The van der Waals surface area contributed by atoms with Crippen molar-refractivity contribution in [1.29, 1.82) is 0 Å². The van der Waals surface area contributed by atoms with Gasteiger partial charge in [-0.05, 0) is 19.4 Å². The highest BCUT2D eigenvalue weighted by Gasteiger charge is 2.24. The average Bonchev–Trinajstić information content (AvgIpc) is 2.28. The number of hydrogen-bond acceptors (Lipinski definition) is 4. The molecule has 0 radical (unpaired) electrons. The van der Waals surface area contributed by atoms with Gasteiger partial charge in [0.1, 0.15) is 4.83 Å². The van der Waals surface area contributed by atoms with E-state index in [-0.39, 0.29) is 10.8 Å². The lowest BCUT2D eigenvalue weighted by Crippen LogP contribution is -2.43. The molecule has 0 aliphatic carbocycles. The highest BCUT2D eigenvalue weighted by molar-refractivity contribution is 9.10. The molecule has 0 aromatic rings. The van der Waals surface area contributed by atoms with Gasteiger partial charge in [0.2, 0.25) is 0 Å². The second kappa shape index (κ2) is 6.45. The molecule has 2 unspecified atom stereocenters. The molecule has 1 rings (SSSR count). The van der Waals surface area contributed by atoms with Crippen LogP contribution < -0.4 is 0 Å². The molecule has 0 spiro atoms. The number of rotatable bonds is 4. The molecule has 1 aliphatic heterocycles. The molecular formula is C10H18BrNO3. The Morgan fingerprint density at radius 1 is 1.60 bits per heavy atom. The maximum atomic E-state index is 11.2. The SMILES string of the molecule is COC(=O)C(Br)CN1CCCC(OC)C1. The molecule has 4 nitrogen and oxygen atoms in total. The number of alkyl halides is 1. The number of esters is 1. The lowest BCUT2D eigenvalue weighted by atomic mass is 10.1. The summed E-state index contributed by atoms with van der Waals surface area (Å²) in [5.41, 5.74) is 0. The number of likely N-dealkylation sites (tertiary alicyclic amines) is 1. The third-order valence-corrected chi connectivity index (χ3v) is 3.33. The van der Waals surface area contributed by atoms with Crippen molar-refractivity contribution < 1.29 is 14.3 Å². The van der Waals surface area contributed by atoms with Crippen LogP contribution in [0.4, 0.5) is 0 Å². The predicted molar refractivity (Wildman–Crippen MR) is 61.2 cm³/mol. The third kappa shape index (κ3) is 4.09. The first kappa shape index (κ1) is 12.9. The second-order valence-corrected chi connectivity index (χ2v) is 4.86. The molecule has 0 aromatic carbocycles. The van der Waals surface area contributed by atoms with E-state index >= 15 is 0 Å². The summed E-state index contributed by atoms with van der Waals surface area (Å²) in [6.45, 7) is 2.61. The van der Waals surface area contributed by atoms with Gasteiger partial charge in [-0.15, -0.1) is 0 Å². The van der Waals surface area contributed by atoms with E-state index in [1.54, 1.807) is 7.11 Å². The Morgan fingerprint density at radius 2 is 2.33 bits per heavy atom. The summed E-state index contributed by atoms with van der Waals surface area (Å²) in [7, 11) is 3.14. The van der Waals surface area contributed by atoms with Crippen molar-refractivity contribution in [3.63, 3.8) is 0 Å². The fraction of sp³-hybridized carbons (Fsp3) is 0.900. The van der Waals surface area contributed by atoms with Crippen LogP contribution in [-0.4, -0.2) is 55.7 Å². The van der Waals surface area contributed by atoms with E-state index < -0.39 is 0 Å². The van der Waals surface area contributed by atoms with Crippen LogP contribution in [0, 0.1) is 0 Å². The van der Waals surface area contributed by atoms with E-state index in [4.69, 9.17) is 4.74 Å². The van der Waals surface area contributed by atoms with Gasteiger partial charge in [0.15, 0.2) is 0 Å². The molecule has 0 saturated carbocycles. The van der Waals surface area contributed by atoms with Crippen LogP contribution in [0.15, 0.2) is 0 Å². The van der Waals surface area contributed by atoms with Gasteiger partial charge in [0, 0.05) is 20.2 Å². The van der Waals surface area contributed by atoms with E-state index in [9.17, 15) is 4.79 Å². The zero-order valence-electron chi connectivity index (χ0n) is 9.24. The Hall–Kier alpha value is -0.130. The van der Waals surface area contributed by atoms with Crippen molar-refractivity contribution in [3.8, 4) is 0 Å². The first-order valence-corrected chi connectivity index (χ1v) is 6.06. The van der Waals surface area contributed by atoms with E-state index in [1.807, 2.05) is 0 Å². The Bertz CT molecular complexity index is 213. The Morgan fingerprint density at radius 3 is 2.93 bits per heavy atom. The van der Waals surface area contributed by atoms with Gasteiger partial charge in [0.05, 0.1) is 13.2 Å². The lowest BCUT2D eigenvalue weighted by Gasteiger charge is -2.32. The highest BCUT2D eigenvalue weighted by atomic mass is 79.9. The number of methoxy groups -OCH3 is 2. The van der Waals surface area contributed by atoms with Crippen molar-refractivity contribution in [2.24, 2.45) is 0 Å². The van der Waals surface area contributed by atoms with Gasteiger partial charge in [-0.1, -0.05) is 15.9 Å². The van der Waals surface area contributed by atoms with Gasteiger partial charge in [-0.3, -0.25) is 9.69 Å². The van der Waals surface area contributed by atoms with Gasteiger partial charge >= 0.3 is 5.97 Å². The summed E-state index contributed by atoms with van der Waals surface area (Å²) in [4.78, 5) is 13.2. The second-order valence-electron chi connectivity index (χ2n) is 3.75. The number of hydrogen-bond donors (Lipinski definition) is 0. The summed E-state index contributed by atoms with van der Waals surface area (Å²) in [6.07, 6.45) is 2.54. The third-order valence-electron chi connectivity index (χ3n) is 2.67. The number of carbonyl (C=O) groups excluding carboxylic acids is 1. The number of carbonyl (C=O) groups is 1. The van der Waals surface area contributed by atoms with Crippen LogP contribution in [-0.2, 0) is 14.3 Å². The molecule has 1 saturated heterocycles. The largest absolute Gasteiger partial charge is 0.468 e. The minimum atomic E-state index is -0.238. The smallest absolute Gasteiger partial charge is 0.320 e. The van der Waals surface area contributed by atoms with Crippen LogP contribution >= 0.6 is 15.9 Å². The van der Waals surface area contributed by atoms with Crippen LogP contribution in [0.5, 0.6) is 0 Å². The summed E-state index contributed by atoms with van der Waals surface area (Å²) in [6, 6.07) is 0. The number of ether oxygens (including phenoxy) is 2. The van der Waals surface area contributed by atoms with Crippen molar-refractivity contribution in [2.45, 2.75) is 23.8 Å². The molecule has 0 bridgehead atoms. The van der Waals surface area contributed by atoms with E-state index in [2.05, 4.69) is 25.6 Å². The first-order valence-electron chi connectivity index (χ1n) is 5.14. The Labute approximate surface area is 99.0 Å². The van der Waals surface area contributed by atoms with Crippen molar-refractivity contribution in [3.05, 3.63) is 0 Å². The van der Waals surface area contributed by atoms with Gasteiger partial charge in [-0.2, -0.15) is 0 Å². The summed E-state index contributed by atoms with van der Waals surface area (Å²) < 4.78 is 9.98. The molecule has 5 heteroatoms. The van der Waals surface area contributed by atoms with Crippen LogP contribution in [0.3, 0.4) is 0 Å². The van der Waals surface area contributed by atoms with E-state index in [0.29, 0.717) is 12.6 Å². The summed E-state index contributed by atoms with van der Waals surface area (Å²) >= 11 is 3.32. The molecule has 88 valence electrons. The van der Waals surface area contributed by atoms with Gasteiger partial charge in [-0.25, -0.2) is 0 Å². The number of piperidine rings is 1. The predicted octanol–water partition coefficient (Wildman–Crippen LogP) is 1.03. The minimum absolute atomic E-state index is 0.213. The summed E-state index contributed by atoms with van der Waals surface area (Å²) in [5.74, 6) is -0.213. The molecule has 1 heterocycles. The van der Waals surface area contributed by atoms with E-state index in [1.165, 1.54) is 7.11 Å². The fourth-order valence-corrected chi connectivity index (χ4v) is 2.40. The Balaban J connectivity index is 2.34. The monoisotopic (exact) mass is 279 g/mol. The average molecular weight is 280 g/mol. The Kier molecular flexibility index (Phi) is 5.56. The summed E-state index contributed by atoms with van der Waals surface area (Å²) in [5, 5.41) is 0. The minimum Gasteiger partial charge on any atom is -0.468 e. The lowest BCUT2D eigenvalue weighted by molar-refractivity contribution is -0.140. The van der Waals surface area contributed by atoms with Crippen LogP contribution in [0.25, 0.3) is 0 Å². The maximum absolute atomic E-state index is 11.2. The molecule has 0 N–H and O–H groups in total. The van der Waals surface area contributed by atoms with Gasteiger partial charge in [0.25, 0.3) is 0 Å². The van der Waals surface area contributed by atoms with Crippen molar-refractivity contribution in [1.82, 2.24) is 4.90 Å². The zero-order valence-corrected chi connectivity index (χ0v) is 10.8. The molecule has 0 aromatic heterocycles. The molecular weight excluding hydrogens is 262 g/mol. The molecule has 1 aliphatic rings. The normalized spacial score (nSPS) is 24.9. The van der Waals surface area contributed by atoms with Crippen molar-refractivity contribution in [2.75, 3.05) is 33.9 Å². The highest BCUT2D eigenvalue weighted by Crippen LogP contribution is 2.14. The number of nitrogens with zero attached hydrogens (tertiary/aromatic N) is 1. The molecule has 0 amide bonds. The zero-order chi connectivity index (χ0) is 11.3. The first-order chi connectivity index (χ1) is 7.17. The number of halogens is 1. The van der Waals surface area contributed by atoms with Crippen LogP contribution in [0.2, 0.25) is 0 Å². The van der Waals surface area contributed by atoms with Crippen molar-refractivity contribution >= 4 is 21.9 Å². The topological polar surface area (TPSA) is 38.8 Å². The quantitative estimate of drug-likeness (QED) is 0.569. The van der Waals surface area contributed by atoms with Gasteiger partial charge < -0.3 is 9.47 Å². The standard InChI is InChI=1S/C10H18BrNO3/c1-14-8-4-3-5-12(6-8)7-9(11)10(13)15-2/h8-9H,3-7H2,1-2H3. The van der Waals surface area contributed by atoms with Crippen LogP contribution in [0.1, 0.15) is 12.8 Å². The molecule has 2 atom stereocenters. The molecule has 15 heavy (non-hydrogen) atoms.